The van der Waals surface area contributed by atoms with E-state index in [4.69, 9.17) is 9.47 Å². The van der Waals surface area contributed by atoms with Gasteiger partial charge in [0.2, 0.25) is 10.0 Å². The number of nitrogens with one attached hydrogen (secondary N) is 2. The molecule has 2 aromatic rings. The van der Waals surface area contributed by atoms with Crippen molar-refractivity contribution in [1.29, 1.82) is 0 Å². The third-order valence-corrected chi connectivity index (χ3v) is 7.04. The van der Waals surface area contributed by atoms with Crippen molar-refractivity contribution >= 4 is 21.8 Å². The third kappa shape index (κ3) is 4.80. The van der Waals surface area contributed by atoms with E-state index in [1.807, 2.05) is 0 Å². The van der Waals surface area contributed by atoms with Crippen LogP contribution in [0.1, 0.15) is 39.1 Å². The van der Waals surface area contributed by atoms with Crippen LogP contribution in [0, 0.1) is 6.92 Å². The molecule has 1 aliphatic rings. The van der Waals surface area contributed by atoms with Gasteiger partial charge in [0, 0.05) is 29.8 Å². The molecule has 1 saturated heterocycles. The second-order valence-electron chi connectivity index (χ2n) is 7.05. The molecule has 10 heteroatoms. The maximum absolute atomic E-state index is 12.6. The van der Waals surface area contributed by atoms with E-state index in [0.29, 0.717) is 24.6 Å². The summed E-state index contributed by atoms with van der Waals surface area (Å²) in [6, 6.07) is 8.67. The second kappa shape index (κ2) is 9.36. The van der Waals surface area contributed by atoms with Gasteiger partial charge in [-0.3, -0.25) is 20.4 Å². The summed E-state index contributed by atoms with van der Waals surface area (Å²) in [5, 5.41) is 0. The van der Waals surface area contributed by atoms with Crippen LogP contribution in [0.4, 0.5) is 0 Å². The number of hydrogen-bond donors (Lipinski definition) is 2. The Balaban J connectivity index is 1.66. The fourth-order valence-electron chi connectivity index (χ4n) is 3.33. The number of ether oxygens (including phenoxy) is 2. The Kier molecular flexibility index (Phi) is 6.81. The lowest BCUT2D eigenvalue weighted by molar-refractivity contribution is 0.0846. The lowest BCUT2D eigenvalue weighted by Gasteiger charge is -2.15. The van der Waals surface area contributed by atoms with E-state index in [1.54, 1.807) is 6.92 Å². The minimum Gasteiger partial charge on any atom is -0.496 e. The van der Waals surface area contributed by atoms with Gasteiger partial charge in [0.25, 0.3) is 11.8 Å². The predicted octanol–water partition coefficient (Wildman–Crippen LogP) is 1.87. The Hall–Kier alpha value is -3.11. The summed E-state index contributed by atoms with van der Waals surface area (Å²) in [5.41, 5.74) is 5.85. The molecule has 0 aromatic heterocycles. The summed E-state index contributed by atoms with van der Waals surface area (Å²) in [5.74, 6) is -0.182. The third-order valence-electron chi connectivity index (χ3n) is 5.12. The minimum atomic E-state index is -3.55. The molecule has 0 saturated carbocycles. The number of carbonyl (C=O) groups is 2. The van der Waals surface area contributed by atoms with Crippen LogP contribution in [0.15, 0.2) is 41.3 Å². The van der Waals surface area contributed by atoms with Gasteiger partial charge in [-0.1, -0.05) is 0 Å². The fraction of sp³-hybridized carbons (Fsp3) is 0.333. The number of nitrogens with zero attached hydrogens (tertiary/aromatic N) is 1. The van der Waals surface area contributed by atoms with Crippen molar-refractivity contribution in [3.05, 3.63) is 53.1 Å². The van der Waals surface area contributed by atoms with Crippen molar-refractivity contribution in [3.63, 3.8) is 0 Å². The maximum Gasteiger partial charge on any atom is 0.269 e. The highest BCUT2D eigenvalue weighted by Gasteiger charge is 2.27. The van der Waals surface area contributed by atoms with Gasteiger partial charge < -0.3 is 9.47 Å². The standard InChI is InChI=1S/C21H25N3O6S/c1-14-18(29-2)12-16(13-19(14)30-3)21(26)23-22-20(25)15-6-8-17(9-7-15)31(27,28)24-10-4-5-11-24/h6-9,12-13H,4-5,10-11H2,1-3H3,(H,22,25)(H,23,26). The van der Waals surface area contributed by atoms with Crippen molar-refractivity contribution in [2.75, 3.05) is 27.3 Å². The lowest BCUT2D eigenvalue weighted by Crippen LogP contribution is -2.41. The normalized spacial score (nSPS) is 14.2. The number of carbonyl (C=O) groups excluding carboxylic acids is 2. The zero-order chi connectivity index (χ0) is 22.6. The average Bonchev–Trinajstić information content (AvgIpc) is 3.33. The number of sulfonamides is 1. The first-order chi connectivity index (χ1) is 14.8. The van der Waals surface area contributed by atoms with E-state index in [9.17, 15) is 18.0 Å². The van der Waals surface area contributed by atoms with E-state index >= 15 is 0 Å². The van der Waals surface area contributed by atoms with E-state index in [-0.39, 0.29) is 16.0 Å². The van der Waals surface area contributed by atoms with Crippen LogP contribution < -0.4 is 20.3 Å². The highest BCUT2D eigenvalue weighted by Crippen LogP contribution is 2.29. The second-order valence-corrected chi connectivity index (χ2v) is 8.99. The highest BCUT2D eigenvalue weighted by atomic mass is 32.2. The molecule has 31 heavy (non-hydrogen) atoms. The molecular formula is C21H25N3O6S. The predicted molar refractivity (Wildman–Crippen MR) is 114 cm³/mol. The Morgan fingerprint density at radius 3 is 1.84 bits per heavy atom. The Labute approximate surface area is 181 Å². The van der Waals surface area contributed by atoms with E-state index < -0.39 is 21.8 Å². The average molecular weight is 448 g/mol. The molecular weight excluding hydrogens is 422 g/mol. The molecule has 0 atom stereocenters. The monoisotopic (exact) mass is 447 g/mol. The van der Waals surface area contributed by atoms with Gasteiger partial charge in [0.1, 0.15) is 11.5 Å². The first-order valence-electron chi connectivity index (χ1n) is 9.71. The summed E-state index contributed by atoms with van der Waals surface area (Å²) in [6.45, 7) is 2.81. The number of hydrazine groups is 1. The number of amides is 2. The van der Waals surface area contributed by atoms with Crippen LogP contribution >= 0.6 is 0 Å². The van der Waals surface area contributed by atoms with Gasteiger partial charge in [-0.2, -0.15) is 4.31 Å². The number of rotatable bonds is 6. The lowest BCUT2D eigenvalue weighted by atomic mass is 10.1. The van der Waals surface area contributed by atoms with Gasteiger partial charge in [-0.15, -0.1) is 0 Å². The van der Waals surface area contributed by atoms with Crippen LogP contribution in [0.25, 0.3) is 0 Å². The van der Waals surface area contributed by atoms with Gasteiger partial charge in [-0.25, -0.2) is 8.42 Å². The van der Waals surface area contributed by atoms with E-state index in [2.05, 4.69) is 10.9 Å². The Morgan fingerprint density at radius 2 is 1.35 bits per heavy atom. The molecule has 9 nitrogen and oxygen atoms in total. The molecule has 1 aliphatic heterocycles. The zero-order valence-corrected chi connectivity index (χ0v) is 18.4. The van der Waals surface area contributed by atoms with Gasteiger partial charge in [-0.05, 0) is 56.2 Å². The fourth-order valence-corrected chi connectivity index (χ4v) is 4.85. The van der Waals surface area contributed by atoms with Crippen LogP contribution in [-0.2, 0) is 10.0 Å². The Morgan fingerprint density at radius 1 is 0.871 bits per heavy atom. The summed E-state index contributed by atoms with van der Waals surface area (Å²) in [6.07, 6.45) is 1.69. The first-order valence-corrected chi connectivity index (χ1v) is 11.2. The number of methoxy groups -OCH3 is 2. The van der Waals surface area contributed by atoms with Gasteiger partial charge in [0.15, 0.2) is 0 Å². The summed E-state index contributed by atoms with van der Waals surface area (Å²) in [7, 11) is -0.582. The molecule has 1 fully saturated rings. The molecule has 0 aliphatic carbocycles. The topological polar surface area (TPSA) is 114 Å². The van der Waals surface area contributed by atoms with E-state index in [0.717, 1.165) is 18.4 Å². The van der Waals surface area contributed by atoms with Crippen molar-refractivity contribution in [1.82, 2.24) is 15.2 Å². The molecule has 2 aromatic carbocycles. The number of benzene rings is 2. The quantitative estimate of drug-likeness (QED) is 0.654. The van der Waals surface area contributed by atoms with E-state index in [1.165, 1.54) is 54.9 Å². The smallest absolute Gasteiger partial charge is 0.269 e. The van der Waals surface area contributed by atoms with Crippen molar-refractivity contribution in [2.24, 2.45) is 0 Å². The Bertz CT molecular complexity index is 1050. The molecule has 0 bridgehead atoms. The van der Waals surface area contributed by atoms with Crippen molar-refractivity contribution in [3.8, 4) is 11.5 Å². The molecule has 166 valence electrons. The summed E-state index contributed by atoms with van der Waals surface area (Å²) >= 11 is 0. The van der Waals surface area contributed by atoms with Crippen LogP contribution in [0.5, 0.6) is 11.5 Å². The summed E-state index contributed by atoms with van der Waals surface area (Å²) in [4.78, 5) is 24.9. The maximum atomic E-state index is 12.6. The SMILES string of the molecule is COc1cc(C(=O)NNC(=O)c2ccc(S(=O)(=O)N3CCCC3)cc2)cc(OC)c1C. The largest absolute Gasteiger partial charge is 0.496 e. The molecule has 2 amide bonds. The summed E-state index contributed by atoms with van der Waals surface area (Å²) < 4.78 is 37.1. The van der Waals surface area contributed by atoms with Crippen LogP contribution in [-0.4, -0.2) is 51.8 Å². The molecule has 1 heterocycles. The van der Waals surface area contributed by atoms with Crippen LogP contribution in [0.2, 0.25) is 0 Å². The van der Waals surface area contributed by atoms with Crippen molar-refractivity contribution < 1.29 is 27.5 Å². The molecule has 2 N–H and O–H groups in total. The van der Waals surface area contributed by atoms with Crippen molar-refractivity contribution in [2.45, 2.75) is 24.7 Å². The molecule has 3 rings (SSSR count). The first kappa shape index (κ1) is 22.6. The molecule has 0 unspecified atom stereocenters. The minimum absolute atomic E-state index is 0.133. The molecule has 0 spiro atoms. The zero-order valence-electron chi connectivity index (χ0n) is 17.6. The van der Waals surface area contributed by atoms with Gasteiger partial charge >= 0.3 is 0 Å². The number of hydrogen-bond acceptors (Lipinski definition) is 6. The van der Waals surface area contributed by atoms with Crippen LogP contribution in [0.3, 0.4) is 0 Å². The molecule has 0 radical (unpaired) electrons. The highest BCUT2D eigenvalue weighted by molar-refractivity contribution is 7.89. The van der Waals surface area contributed by atoms with Gasteiger partial charge in [0.05, 0.1) is 19.1 Å².